The minimum Gasteiger partial charge on any atom is -0.465 e. The summed E-state index contributed by atoms with van der Waals surface area (Å²) >= 11 is 0. The van der Waals surface area contributed by atoms with Crippen LogP contribution in [0.5, 0.6) is 0 Å². The molecule has 0 aliphatic carbocycles. The van der Waals surface area contributed by atoms with Gasteiger partial charge in [0.05, 0.1) is 18.8 Å². The van der Waals surface area contributed by atoms with Crippen molar-refractivity contribution in [3.63, 3.8) is 0 Å². The van der Waals surface area contributed by atoms with Gasteiger partial charge in [-0.2, -0.15) is 13.2 Å². The van der Waals surface area contributed by atoms with Crippen LogP contribution < -0.4 is 4.90 Å². The summed E-state index contributed by atoms with van der Waals surface area (Å²) < 4.78 is 59.7. The third-order valence-corrected chi connectivity index (χ3v) is 5.78. The smallest absolute Gasteiger partial charge is 0.412 e. The van der Waals surface area contributed by atoms with E-state index in [1.54, 1.807) is 6.07 Å². The number of amidine groups is 1. The van der Waals surface area contributed by atoms with Gasteiger partial charge in [0, 0.05) is 6.54 Å². The van der Waals surface area contributed by atoms with Gasteiger partial charge in [0.25, 0.3) is 6.02 Å². The van der Waals surface area contributed by atoms with Gasteiger partial charge >= 0.3 is 6.18 Å². The van der Waals surface area contributed by atoms with Gasteiger partial charge in [-0.1, -0.05) is 42.5 Å². The van der Waals surface area contributed by atoms with Gasteiger partial charge in [0.1, 0.15) is 5.82 Å². The number of rotatable bonds is 5. The molecule has 0 aromatic heterocycles. The Bertz CT molecular complexity index is 895. The van der Waals surface area contributed by atoms with Crippen molar-refractivity contribution >= 4 is 11.7 Å². The van der Waals surface area contributed by atoms with E-state index in [-0.39, 0.29) is 24.2 Å². The van der Waals surface area contributed by atoms with Crippen molar-refractivity contribution in [1.29, 1.82) is 0 Å². The molecule has 31 heavy (non-hydrogen) atoms. The fourth-order valence-corrected chi connectivity index (χ4v) is 4.00. The molecule has 2 aromatic rings. The fourth-order valence-electron chi connectivity index (χ4n) is 4.00. The van der Waals surface area contributed by atoms with Crippen LogP contribution in [0.25, 0.3) is 0 Å². The van der Waals surface area contributed by atoms with Crippen molar-refractivity contribution < 1.29 is 22.3 Å². The largest absolute Gasteiger partial charge is 0.465 e. The molecule has 0 saturated carbocycles. The van der Waals surface area contributed by atoms with Crippen LogP contribution in [0.3, 0.4) is 0 Å². The Morgan fingerprint density at radius 1 is 0.968 bits per heavy atom. The van der Waals surface area contributed by atoms with Crippen LogP contribution in [0.4, 0.5) is 23.2 Å². The monoisotopic (exact) mass is 435 g/mol. The summed E-state index contributed by atoms with van der Waals surface area (Å²) in [6.45, 7) is 2.48. The number of anilines is 1. The highest BCUT2D eigenvalue weighted by atomic mass is 19.4. The molecule has 2 aliphatic heterocycles. The average Bonchev–Trinajstić information content (AvgIpc) is 3.19. The number of hydrogen-bond donors (Lipinski definition) is 0. The van der Waals surface area contributed by atoms with Crippen molar-refractivity contribution in [2.24, 2.45) is 10.9 Å². The molecule has 8 heteroatoms. The molecule has 166 valence electrons. The van der Waals surface area contributed by atoms with Gasteiger partial charge in [-0.25, -0.2) is 9.38 Å². The average molecular weight is 435 g/mol. The maximum absolute atomic E-state index is 14.2. The summed E-state index contributed by atoms with van der Waals surface area (Å²) in [5.41, 5.74) is 1.31. The number of benzene rings is 2. The Kier molecular flexibility index (Phi) is 6.46. The van der Waals surface area contributed by atoms with Crippen molar-refractivity contribution in [3.8, 4) is 0 Å². The third kappa shape index (κ3) is 5.36. The Morgan fingerprint density at radius 3 is 2.32 bits per heavy atom. The highest BCUT2D eigenvalue weighted by Gasteiger charge is 2.46. The van der Waals surface area contributed by atoms with Gasteiger partial charge in [-0.15, -0.1) is 0 Å². The van der Waals surface area contributed by atoms with Gasteiger partial charge in [-0.3, -0.25) is 9.80 Å². The molecule has 2 aliphatic rings. The van der Waals surface area contributed by atoms with Gasteiger partial charge in [-0.05, 0) is 49.5 Å². The van der Waals surface area contributed by atoms with Crippen molar-refractivity contribution in [2.45, 2.75) is 31.6 Å². The molecule has 0 N–H and O–H groups in total. The molecule has 2 aromatic carbocycles. The summed E-state index contributed by atoms with van der Waals surface area (Å²) in [5.74, 6) is -0.377. The second-order valence-electron chi connectivity index (χ2n) is 8.05. The number of piperidine rings is 1. The molecule has 4 nitrogen and oxygen atoms in total. The summed E-state index contributed by atoms with van der Waals surface area (Å²) in [5, 5.41) is 0. The number of halogens is 4. The summed E-state index contributed by atoms with van der Waals surface area (Å²) in [6, 6.07) is 13.9. The SMILES string of the molecule is Fc1ccccc1N1CC(C(F)(F)F)N=C1OCC1CCN(Cc2ccccc2)CC1. The fraction of sp³-hybridized carbons (Fsp3) is 0.435. The first-order valence-corrected chi connectivity index (χ1v) is 10.5. The molecule has 4 rings (SSSR count). The molecular formula is C23H25F4N3O. The molecule has 1 saturated heterocycles. The number of likely N-dealkylation sites (tertiary alicyclic amines) is 1. The van der Waals surface area contributed by atoms with E-state index in [0.29, 0.717) is 0 Å². The van der Waals surface area contributed by atoms with Gasteiger partial charge < -0.3 is 4.74 Å². The highest BCUT2D eigenvalue weighted by Crippen LogP contribution is 2.32. The molecule has 0 spiro atoms. The summed E-state index contributed by atoms with van der Waals surface area (Å²) in [6.07, 6.45) is -2.72. The maximum atomic E-state index is 14.2. The first-order valence-electron chi connectivity index (χ1n) is 10.5. The Hall–Kier alpha value is -2.61. The number of hydrogen-bond acceptors (Lipinski definition) is 4. The lowest BCUT2D eigenvalue weighted by Gasteiger charge is -2.32. The van der Waals surface area contributed by atoms with Crippen molar-refractivity contribution in [2.75, 3.05) is 31.1 Å². The molecule has 1 atom stereocenters. The first kappa shape index (κ1) is 21.6. The van der Waals surface area contributed by atoms with E-state index in [1.165, 1.54) is 28.7 Å². The topological polar surface area (TPSA) is 28.1 Å². The lowest BCUT2D eigenvalue weighted by atomic mass is 9.97. The second-order valence-corrected chi connectivity index (χ2v) is 8.05. The second kappa shape index (κ2) is 9.26. The minimum atomic E-state index is -4.50. The van der Waals surface area contributed by atoms with Crippen molar-refractivity contribution in [3.05, 3.63) is 66.0 Å². The molecule has 1 unspecified atom stereocenters. The zero-order valence-electron chi connectivity index (χ0n) is 17.1. The molecular weight excluding hydrogens is 410 g/mol. The standard InChI is InChI=1S/C23H25F4N3O/c24-19-8-4-5-9-20(19)30-15-21(23(25,26)27)28-22(30)31-16-18-10-12-29(13-11-18)14-17-6-2-1-3-7-17/h1-9,18,21H,10-16H2. The third-order valence-electron chi connectivity index (χ3n) is 5.78. The molecule has 1 fully saturated rings. The Morgan fingerprint density at radius 2 is 1.65 bits per heavy atom. The highest BCUT2D eigenvalue weighted by molar-refractivity contribution is 5.94. The van der Waals surface area contributed by atoms with E-state index in [1.807, 2.05) is 18.2 Å². The van der Waals surface area contributed by atoms with Crippen molar-refractivity contribution in [1.82, 2.24) is 4.90 Å². The van der Waals surface area contributed by atoms with Crippen LogP contribution in [-0.4, -0.2) is 49.4 Å². The Balaban J connectivity index is 1.35. The van der Waals surface area contributed by atoms with Crippen LogP contribution in [-0.2, 0) is 11.3 Å². The molecule has 2 heterocycles. The summed E-state index contributed by atoms with van der Waals surface area (Å²) in [4.78, 5) is 7.29. The van der Waals surface area contributed by atoms with E-state index < -0.39 is 24.6 Å². The predicted octanol–water partition coefficient (Wildman–Crippen LogP) is 4.86. The minimum absolute atomic E-state index is 0.0469. The van der Waals surface area contributed by atoms with E-state index in [0.717, 1.165) is 32.5 Å². The normalized spacial score (nSPS) is 20.7. The number of nitrogens with zero attached hydrogens (tertiary/aromatic N) is 3. The first-order chi connectivity index (χ1) is 14.9. The quantitative estimate of drug-likeness (QED) is 0.628. The summed E-state index contributed by atoms with van der Waals surface area (Å²) in [7, 11) is 0. The Labute approximate surface area is 179 Å². The van der Waals surface area contributed by atoms with Gasteiger partial charge in [0.2, 0.25) is 0 Å². The molecule has 0 bridgehead atoms. The van der Waals surface area contributed by atoms with E-state index in [4.69, 9.17) is 4.74 Å². The van der Waals surface area contributed by atoms with Crippen LogP contribution in [0, 0.1) is 11.7 Å². The number of ether oxygens (including phenoxy) is 1. The maximum Gasteiger partial charge on any atom is 0.412 e. The number of alkyl halides is 3. The molecule has 0 radical (unpaired) electrons. The van der Waals surface area contributed by atoms with Gasteiger partial charge in [0.15, 0.2) is 6.04 Å². The number of aliphatic imine (C=N–C) groups is 1. The van der Waals surface area contributed by atoms with E-state index >= 15 is 0 Å². The lowest BCUT2D eigenvalue weighted by molar-refractivity contribution is -0.143. The predicted molar refractivity (Wildman–Crippen MR) is 111 cm³/mol. The van der Waals surface area contributed by atoms with Crippen LogP contribution in [0.1, 0.15) is 18.4 Å². The van der Waals surface area contributed by atoms with Crippen LogP contribution in [0.2, 0.25) is 0 Å². The zero-order valence-corrected chi connectivity index (χ0v) is 17.1. The molecule has 0 amide bonds. The lowest BCUT2D eigenvalue weighted by Crippen LogP contribution is -2.38. The van der Waals surface area contributed by atoms with E-state index in [2.05, 4.69) is 22.0 Å². The van der Waals surface area contributed by atoms with Crippen LogP contribution in [0.15, 0.2) is 59.6 Å². The number of para-hydroxylation sites is 1. The van der Waals surface area contributed by atoms with Crippen LogP contribution >= 0.6 is 0 Å². The zero-order chi connectivity index (χ0) is 21.8. The van der Waals surface area contributed by atoms with E-state index in [9.17, 15) is 17.6 Å².